The van der Waals surface area contributed by atoms with Crippen LogP contribution in [0, 0.1) is 11.8 Å². The summed E-state index contributed by atoms with van der Waals surface area (Å²) in [6.45, 7) is 6.05. The van der Waals surface area contributed by atoms with E-state index in [0.29, 0.717) is 24.8 Å². The van der Waals surface area contributed by atoms with E-state index >= 15 is 0 Å². The number of aromatic nitrogens is 2. The first-order valence-corrected chi connectivity index (χ1v) is 9.46. The minimum atomic E-state index is -0.220. The van der Waals surface area contributed by atoms with Gasteiger partial charge in [-0.2, -0.15) is 5.10 Å². The summed E-state index contributed by atoms with van der Waals surface area (Å²) in [5.74, 6) is 0.868. The highest BCUT2D eigenvalue weighted by Crippen LogP contribution is 2.20. The van der Waals surface area contributed by atoms with Crippen molar-refractivity contribution in [2.75, 3.05) is 23.7 Å². The van der Waals surface area contributed by atoms with Crippen molar-refractivity contribution in [1.82, 2.24) is 14.7 Å². The van der Waals surface area contributed by atoms with Gasteiger partial charge in [0.25, 0.3) is 0 Å². The normalized spacial score (nSPS) is 17.0. The van der Waals surface area contributed by atoms with Crippen molar-refractivity contribution in [3.8, 4) is 0 Å². The number of hydrogen-bond acceptors (Lipinski definition) is 3. The van der Waals surface area contributed by atoms with Gasteiger partial charge in [0.1, 0.15) is 5.82 Å². The lowest BCUT2D eigenvalue weighted by Gasteiger charge is -2.32. The molecule has 1 aromatic carbocycles. The van der Waals surface area contributed by atoms with Gasteiger partial charge < -0.3 is 15.5 Å². The third-order valence-corrected chi connectivity index (χ3v) is 4.61. The van der Waals surface area contributed by atoms with Crippen LogP contribution in [0.1, 0.15) is 26.7 Å². The van der Waals surface area contributed by atoms with Crippen LogP contribution < -0.4 is 10.6 Å². The summed E-state index contributed by atoms with van der Waals surface area (Å²) < 4.78 is 1.81. The van der Waals surface area contributed by atoms with E-state index < -0.39 is 0 Å². The SMILES string of the molecule is CC(C)Cn1nccc1NC(=O)C1CCCN(C(=O)Nc2ccccc2)C1. The van der Waals surface area contributed by atoms with Crippen molar-refractivity contribution in [1.29, 1.82) is 0 Å². The molecule has 7 heteroatoms. The topological polar surface area (TPSA) is 79.3 Å². The van der Waals surface area contributed by atoms with Crippen molar-refractivity contribution >= 4 is 23.4 Å². The zero-order valence-corrected chi connectivity index (χ0v) is 15.9. The fourth-order valence-corrected chi connectivity index (χ4v) is 3.26. The smallest absolute Gasteiger partial charge is 0.321 e. The third kappa shape index (κ3) is 5.09. The molecule has 0 bridgehead atoms. The molecule has 1 saturated heterocycles. The molecule has 1 atom stereocenters. The molecule has 2 heterocycles. The van der Waals surface area contributed by atoms with E-state index in [9.17, 15) is 9.59 Å². The van der Waals surface area contributed by atoms with Gasteiger partial charge in [-0.15, -0.1) is 0 Å². The van der Waals surface area contributed by atoms with Gasteiger partial charge in [0, 0.05) is 31.4 Å². The fourth-order valence-electron chi connectivity index (χ4n) is 3.26. The molecule has 1 fully saturated rings. The van der Waals surface area contributed by atoms with Gasteiger partial charge in [0.05, 0.1) is 12.1 Å². The van der Waals surface area contributed by atoms with Crippen LogP contribution in [0.25, 0.3) is 0 Å². The number of nitrogens with zero attached hydrogens (tertiary/aromatic N) is 3. The molecule has 0 saturated carbocycles. The number of benzene rings is 1. The van der Waals surface area contributed by atoms with Crippen LogP contribution >= 0.6 is 0 Å². The van der Waals surface area contributed by atoms with Crippen molar-refractivity contribution < 1.29 is 9.59 Å². The summed E-state index contributed by atoms with van der Waals surface area (Å²) in [5, 5.41) is 10.1. The Bertz CT molecular complexity index is 772. The second-order valence-electron chi connectivity index (χ2n) is 7.36. The molecular formula is C20H27N5O2. The predicted octanol–water partition coefficient (Wildman–Crippen LogP) is 3.42. The fraction of sp³-hybridized carbons (Fsp3) is 0.450. The lowest BCUT2D eigenvalue weighted by atomic mass is 9.97. The van der Waals surface area contributed by atoms with Gasteiger partial charge in [-0.3, -0.25) is 4.79 Å². The number of anilines is 2. The Morgan fingerprint density at radius 3 is 2.70 bits per heavy atom. The number of amides is 3. The molecule has 27 heavy (non-hydrogen) atoms. The molecule has 0 spiro atoms. The van der Waals surface area contributed by atoms with Crippen LogP contribution in [0.5, 0.6) is 0 Å². The number of hydrogen-bond donors (Lipinski definition) is 2. The van der Waals surface area contributed by atoms with E-state index in [1.54, 1.807) is 11.1 Å². The second-order valence-corrected chi connectivity index (χ2v) is 7.36. The van der Waals surface area contributed by atoms with E-state index in [1.165, 1.54) is 0 Å². The summed E-state index contributed by atoms with van der Waals surface area (Å²) in [4.78, 5) is 26.9. The average molecular weight is 369 g/mol. The van der Waals surface area contributed by atoms with Gasteiger partial charge in [0.2, 0.25) is 5.91 Å². The Labute approximate surface area is 159 Å². The van der Waals surface area contributed by atoms with Gasteiger partial charge in [-0.25, -0.2) is 9.48 Å². The monoisotopic (exact) mass is 369 g/mol. The zero-order chi connectivity index (χ0) is 19.2. The Morgan fingerprint density at radius 2 is 1.96 bits per heavy atom. The Kier molecular flexibility index (Phi) is 6.11. The first-order chi connectivity index (χ1) is 13.0. The molecule has 3 rings (SSSR count). The maximum Gasteiger partial charge on any atom is 0.321 e. The van der Waals surface area contributed by atoms with Crippen LogP contribution in [0.15, 0.2) is 42.6 Å². The standard InChI is InChI=1S/C20H27N5O2/c1-15(2)13-25-18(10-11-21-25)23-19(26)16-7-6-12-24(14-16)20(27)22-17-8-4-3-5-9-17/h3-5,8-11,15-16H,6-7,12-14H2,1-2H3,(H,22,27)(H,23,26). The number of carbonyl (C=O) groups is 2. The number of carbonyl (C=O) groups excluding carboxylic acids is 2. The zero-order valence-electron chi connectivity index (χ0n) is 15.9. The van der Waals surface area contributed by atoms with Crippen molar-refractivity contribution in [3.05, 3.63) is 42.6 Å². The van der Waals surface area contributed by atoms with Gasteiger partial charge in [0.15, 0.2) is 0 Å². The highest BCUT2D eigenvalue weighted by Gasteiger charge is 2.29. The Hall–Kier alpha value is -2.83. The Morgan fingerprint density at radius 1 is 1.19 bits per heavy atom. The lowest BCUT2D eigenvalue weighted by Crippen LogP contribution is -2.45. The van der Waals surface area contributed by atoms with Crippen molar-refractivity contribution in [2.24, 2.45) is 11.8 Å². The Balaban J connectivity index is 1.58. The highest BCUT2D eigenvalue weighted by atomic mass is 16.2. The minimum absolute atomic E-state index is 0.0577. The maximum absolute atomic E-state index is 12.7. The molecule has 144 valence electrons. The molecule has 0 radical (unpaired) electrons. The van der Waals surface area contributed by atoms with E-state index in [4.69, 9.17) is 0 Å². The van der Waals surface area contributed by atoms with Crippen LogP contribution in [0.2, 0.25) is 0 Å². The summed E-state index contributed by atoms with van der Waals surface area (Å²) >= 11 is 0. The molecule has 3 amide bonds. The van der Waals surface area contributed by atoms with E-state index in [0.717, 1.165) is 25.1 Å². The number of nitrogens with one attached hydrogen (secondary N) is 2. The quantitative estimate of drug-likeness (QED) is 0.847. The van der Waals surface area contributed by atoms with E-state index in [1.807, 2.05) is 41.1 Å². The molecule has 7 nitrogen and oxygen atoms in total. The number of urea groups is 1. The van der Waals surface area contributed by atoms with Gasteiger partial charge in [-0.05, 0) is 30.9 Å². The van der Waals surface area contributed by atoms with Crippen LogP contribution in [0.3, 0.4) is 0 Å². The summed E-state index contributed by atoms with van der Waals surface area (Å²) in [6.07, 6.45) is 3.28. The molecule has 1 aromatic heterocycles. The average Bonchev–Trinajstić information content (AvgIpc) is 3.08. The van der Waals surface area contributed by atoms with Gasteiger partial charge in [-0.1, -0.05) is 32.0 Å². The molecule has 1 aliphatic rings. The van der Waals surface area contributed by atoms with Crippen molar-refractivity contribution in [3.63, 3.8) is 0 Å². The van der Waals surface area contributed by atoms with E-state index in [-0.39, 0.29) is 17.9 Å². The maximum atomic E-state index is 12.7. The summed E-state index contributed by atoms with van der Waals surface area (Å²) in [5.41, 5.74) is 0.756. The molecule has 1 aliphatic heterocycles. The second kappa shape index (κ2) is 8.70. The first kappa shape index (κ1) is 18.9. The number of para-hydroxylation sites is 1. The van der Waals surface area contributed by atoms with E-state index in [2.05, 4.69) is 29.6 Å². The van der Waals surface area contributed by atoms with Crippen LogP contribution in [-0.2, 0) is 11.3 Å². The largest absolute Gasteiger partial charge is 0.324 e. The summed E-state index contributed by atoms with van der Waals surface area (Å²) in [6, 6.07) is 11.0. The summed E-state index contributed by atoms with van der Waals surface area (Å²) in [7, 11) is 0. The lowest BCUT2D eigenvalue weighted by molar-refractivity contribution is -0.121. The molecule has 0 aliphatic carbocycles. The molecular weight excluding hydrogens is 342 g/mol. The number of rotatable bonds is 5. The first-order valence-electron chi connectivity index (χ1n) is 9.46. The molecule has 2 N–H and O–H groups in total. The molecule has 1 unspecified atom stereocenters. The number of likely N-dealkylation sites (tertiary alicyclic amines) is 1. The molecule has 2 aromatic rings. The highest BCUT2D eigenvalue weighted by molar-refractivity contribution is 5.93. The van der Waals surface area contributed by atoms with Crippen LogP contribution in [-0.4, -0.2) is 39.7 Å². The van der Waals surface area contributed by atoms with Crippen molar-refractivity contribution in [2.45, 2.75) is 33.2 Å². The van der Waals surface area contributed by atoms with Crippen LogP contribution in [0.4, 0.5) is 16.3 Å². The minimum Gasteiger partial charge on any atom is -0.324 e. The third-order valence-electron chi connectivity index (χ3n) is 4.61. The predicted molar refractivity (Wildman–Crippen MR) is 105 cm³/mol. The number of piperidine rings is 1. The van der Waals surface area contributed by atoms with Gasteiger partial charge >= 0.3 is 6.03 Å².